The monoisotopic (exact) mass is 374 g/mol. The van der Waals surface area contributed by atoms with Crippen LogP contribution in [0, 0.1) is 24.0 Å². The lowest BCUT2D eigenvalue weighted by atomic mass is 10.1. The van der Waals surface area contributed by atoms with Crippen molar-refractivity contribution in [2.45, 2.75) is 26.8 Å². The number of aromatic nitrogens is 1. The summed E-state index contributed by atoms with van der Waals surface area (Å²) in [6.45, 7) is 5.68. The fourth-order valence-corrected chi connectivity index (χ4v) is 3.15. The molecule has 8 nitrogen and oxygen atoms in total. The van der Waals surface area contributed by atoms with Gasteiger partial charge in [0.2, 0.25) is 5.78 Å². The Bertz CT molecular complexity index is 871. The molecule has 0 saturated carbocycles. The molecule has 1 aromatic carbocycles. The molecule has 1 heterocycles. The maximum atomic E-state index is 12.5. The van der Waals surface area contributed by atoms with Crippen LogP contribution in [-0.2, 0) is 9.47 Å². The van der Waals surface area contributed by atoms with Gasteiger partial charge in [-0.05, 0) is 32.9 Å². The van der Waals surface area contributed by atoms with Gasteiger partial charge in [0.25, 0.3) is 5.69 Å². The number of rotatable bonds is 8. The smallest absolute Gasteiger partial charge is 0.345 e. The van der Waals surface area contributed by atoms with E-state index in [9.17, 15) is 19.7 Å². The SMILES string of the molecule is COCC(C)n1c(C)cc(C(=O)COC(=O)c2ccccc2[N+](=O)[O-])c1C. The van der Waals surface area contributed by atoms with Gasteiger partial charge in [-0.1, -0.05) is 12.1 Å². The number of ketones is 1. The second-order valence-electron chi connectivity index (χ2n) is 6.23. The number of Topliss-reactive ketones (excluding diaryl/α,β-unsaturated/α-hetero) is 1. The van der Waals surface area contributed by atoms with Gasteiger partial charge < -0.3 is 14.0 Å². The molecule has 27 heavy (non-hydrogen) atoms. The van der Waals surface area contributed by atoms with E-state index in [1.807, 2.05) is 25.3 Å². The molecule has 0 radical (unpaired) electrons. The van der Waals surface area contributed by atoms with Crippen LogP contribution < -0.4 is 0 Å². The molecule has 0 bridgehead atoms. The number of nitrogens with zero attached hydrogens (tertiary/aromatic N) is 2. The number of hydrogen-bond donors (Lipinski definition) is 0. The predicted octanol–water partition coefficient (Wildman–Crippen LogP) is 3.26. The Hall–Kier alpha value is -3.00. The highest BCUT2D eigenvalue weighted by atomic mass is 16.6. The molecule has 1 atom stereocenters. The lowest BCUT2D eigenvalue weighted by Crippen LogP contribution is -2.17. The normalized spacial score (nSPS) is 11.9. The number of carbonyl (C=O) groups is 2. The highest BCUT2D eigenvalue weighted by molar-refractivity contribution is 6.01. The van der Waals surface area contributed by atoms with Crippen molar-refractivity contribution in [2.24, 2.45) is 0 Å². The van der Waals surface area contributed by atoms with E-state index in [1.165, 1.54) is 24.3 Å². The van der Waals surface area contributed by atoms with Crippen LogP contribution in [0.1, 0.15) is 45.1 Å². The van der Waals surface area contributed by atoms with E-state index in [0.717, 1.165) is 11.4 Å². The second-order valence-corrected chi connectivity index (χ2v) is 6.23. The predicted molar refractivity (Wildman–Crippen MR) is 98.2 cm³/mol. The van der Waals surface area contributed by atoms with Crippen LogP contribution in [0.4, 0.5) is 5.69 Å². The van der Waals surface area contributed by atoms with Crippen LogP contribution in [0.5, 0.6) is 0 Å². The molecule has 1 unspecified atom stereocenters. The summed E-state index contributed by atoms with van der Waals surface area (Å²) < 4.78 is 12.2. The number of esters is 1. The number of para-hydroxylation sites is 1. The lowest BCUT2D eigenvalue weighted by Gasteiger charge is -2.17. The molecule has 0 aliphatic heterocycles. The third-order valence-corrected chi connectivity index (χ3v) is 4.29. The molecule has 2 rings (SSSR count). The number of nitro benzene ring substituents is 1. The van der Waals surface area contributed by atoms with Gasteiger partial charge in [0.1, 0.15) is 5.56 Å². The van der Waals surface area contributed by atoms with Crippen molar-refractivity contribution in [2.75, 3.05) is 20.3 Å². The summed E-state index contributed by atoms with van der Waals surface area (Å²) in [5.74, 6) is -1.27. The first kappa shape index (κ1) is 20.3. The van der Waals surface area contributed by atoms with Crippen LogP contribution in [-0.4, -0.2) is 41.6 Å². The maximum Gasteiger partial charge on any atom is 0.345 e. The van der Waals surface area contributed by atoms with Gasteiger partial charge >= 0.3 is 5.97 Å². The summed E-state index contributed by atoms with van der Waals surface area (Å²) in [7, 11) is 1.61. The molecule has 2 aromatic rings. The molecule has 0 fully saturated rings. The van der Waals surface area contributed by atoms with Crippen molar-refractivity contribution >= 4 is 17.4 Å². The first-order valence-corrected chi connectivity index (χ1v) is 8.39. The fourth-order valence-electron chi connectivity index (χ4n) is 3.15. The minimum Gasteiger partial charge on any atom is -0.454 e. The van der Waals surface area contributed by atoms with Crippen LogP contribution >= 0.6 is 0 Å². The lowest BCUT2D eigenvalue weighted by molar-refractivity contribution is -0.385. The largest absolute Gasteiger partial charge is 0.454 e. The summed E-state index contributed by atoms with van der Waals surface area (Å²) in [6.07, 6.45) is 0. The number of benzene rings is 1. The van der Waals surface area contributed by atoms with E-state index in [1.54, 1.807) is 13.2 Å². The third kappa shape index (κ3) is 4.40. The summed E-state index contributed by atoms with van der Waals surface area (Å²) in [4.78, 5) is 35.0. The van der Waals surface area contributed by atoms with Gasteiger partial charge in [0.15, 0.2) is 6.61 Å². The van der Waals surface area contributed by atoms with Gasteiger partial charge in [-0.3, -0.25) is 14.9 Å². The van der Waals surface area contributed by atoms with Crippen molar-refractivity contribution in [3.05, 3.63) is 63.0 Å². The highest BCUT2D eigenvalue weighted by Gasteiger charge is 2.23. The van der Waals surface area contributed by atoms with Crippen molar-refractivity contribution < 1.29 is 24.0 Å². The molecule has 1 aromatic heterocycles. The Morgan fingerprint density at radius 2 is 1.89 bits per heavy atom. The first-order chi connectivity index (χ1) is 12.8. The molecule has 0 saturated heterocycles. The fraction of sp³-hybridized carbons (Fsp3) is 0.368. The van der Waals surface area contributed by atoms with Crippen molar-refractivity contribution in [1.29, 1.82) is 0 Å². The Morgan fingerprint density at radius 1 is 1.22 bits per heavy atom. The molecular weight excluding hydrogens is 352 g/mol. The minimum atomic E-state index is -0.905. The van der Waals surface area contributed by atoms with Crippen LogP contribution in [0.25, 0.3) is 0 Å². The summed E-state index contributed by atoms with van der Waals surface area (Å²) in [6, 6.07) is 7.24. The molecule has 0 aliphatic rings. The number of ether oxygens (including phenoxy) is 2. The maximum absolute atomic E-state index is 12.5. The van der Waals surface area contributed by atoms with E-state index >= 15 is 0 Å². The molecule has 0 spiro atoms. The van der Waals surface area contributed by atoms with Crippen LogP contribution in [0.15, 0.2) is 30.3 Å². The van der Waals surface area contributed by atoms with Gasteiger partial charge in [0, 0.05) is 30.1 Å². The Morgan fingerprint density at radius 3 is 2.52 bits per heavy atom. The van der Waals surface area contributed by atoms with Crippen molar-refractivity contribution in [3.63, 3.8) is 0 Å². The summed E-state index contributed by atoms with van der Waals surface area (Å²) in [5.41, 5.74) is 1.55. The Kier molecular flexibility index (Phi) is 6.46. The number of carbonyl (C=O) groups excluding carboxylic acids is 2. The van der Waals surface area contributed by atoms with E-state index in [-0.39, 0.29) is 23.1 Å². The Balaban J connectivity index is 2.14. The zero-order valence-electron chi connectivity index (χ0n) is 15.7. The van der Waals surface area contributed by atoms with E-state index in [2.05, 4.69) is 0 Å². The molecule has 0 N–H and O–H groups in total. The first-order valence-electron chi connectivity index (χ1n) is 8.39. The second kappa shape index (κ2) is 8.59. The van der Waals surface area contributed by atoms with E-state index < -0.39 is 17.5 Å². The van der Waals surface area contributed by atoms with E-state index in [4.69, 9.17) is 9.47 Å². The standard InChI is InChI=1S/C19H22N2O6/c1-12-9-16(14(3)20(12)13(2)10-26-4)18(22)11-27-19(23)15-7-5-6-8-17(15)21(24)25/h5-9,13H,10-11H2,1-4H3. The summed E-state index contributed by atoms with van der Waals surface area (Å²) >= 11 is 0. The van der Waals surface area contributed by atoms with Gasteiger partial charge in [-0.25, -0.2) is 4.79 Å². The molecule has 8 heteroatoms. The molecule has 0 aliphatic carbocycles. The van der Waals surface area contributed by atoms with Crippen LogP contribution in [0.2, 0.25) is 0 Å². The van der Waals surface area contributed by atoms with E-state index in [0.29, 0.717) is 12.2 Å². The number of hydrogen-bond acceptors (Lipinski definition) is 6. The number of methoxy groups -OCH3 is 1. The molecular formula is C19H22N2O6. The minimum absolute atomic E-state index is 0.0473. The van der Waals surface area contributed by atoms with Crippen molar-refractivity contribution in [3.8, 4) is 0 Å². The quantitative estimate of drug-likeness (QED) is 0.304. The summed E-state index contributed by atoms with van der Waals surface area (Å²) in [5, 5.41) is 11.0. The number of aryl methyl sites for hydroxylation is 1. The molecule has 144 valence electrons. The zero-order valence-corrected chi connectivity index (χ0v) is 15.7. The number of nitro groups is 1. The van der Waals surface area contributed by atoms with Gasteiger partial charge in [-0.2, -0.15) is 0 Å². The Labute approximate surface area is 156 Å². The third-order valence-electron chi connectivity index (χ3n) is 4.29. The highest BCUT2D eigenvalue weighted by Crippen LogP contribution is 2.22. The topological polar surface area (TPSA) is 101 Å². The van der Waals surface area contributed by atoms with Gasteiger partial charge in [0.05, 0.1) is 17.6 Å². The molecule has 0 amide bonds. The average Bonchev–Trinajstić information content (AvgIpc) is 2.94. The van der Waals surface area contributed by atoms with Crippen LogP contribution in [0.3, 0.4) is 0 Å². The zero-order chi connectivity index (χ0) is 20.1. The average molecular weight is 374 g/mol. The van der Waals surface area contributed by atoms with Crippen molar-refractivity contribution in [1.82, 2.24) is 4.57 Å². The van der Waals surface area contributed by atoms with Gasteiger partial charge in [-0.15, -0.1) is 0 Å².